The molecule has 7 heteroatoms. The lowest BCUT2D eigenvalue weighted by Crippen LogP contribution is -2.25. The summed E-state index contributed by atoms with van der Waals surface area (Å²) in [6.45, 7) is 9.43. The Bertz CT molecular complexity index is 1000. The summed E-state index contributed by atoms with van der Waals surface area (Å²) in [7, 11) is 1.61. The molecule has 2 aromatic carbocycles. The molecule has 32 heavy (non-hydrogen) atoms. The third-order valence-electron chi connectivity index (χ3n) is 5.63. The maximum atomic E-state index is 12.5. The van der Waals surface area contributed by atoms with Gasteiger partial charge in [0, 0.05) is 11.7 Å². The van der Waals surface area contributed by atoms with E-state index in [0.29, 0.717) is 29.1 Å². The molecule has 0 bridgehead atoms. The third kappa shape index (κ3) is 6.14. The van der Waals surface area contributed by atoms with Gasteiger partial charge in [-0.25, -0.2) is 0 Å². The molecule has 0 aliphatic carbocycles. The van der Waals surface area contributed by atoms with E-state index in [2.05, 4.69) is 72.8 Å². The Morgan fingerprint density at radius 2 is 1.66 bits per heavy atom. The van der Waals surface area contributed by atoms with Gasteiger partial charge in [0.25, 0.3) is 5.91 Å². The molecule has 2 unspecified atom stereocenters. The summed E-state index contributed by atoms with van der Waals surface area (Å²) >= 11 is 1.30. The Kier molecular flexibility index (Phi) is 8.36. The van der Waals surface area contributed by atoms with Gasteiger partial charge in [0.1, 0.15) is 10.8 Å². The van der Waals surface area contributed by atoms with Crippen molar-refractivity contribution in [1.82, 2.24) is 15.5 Å². The van der Waals surface area contributed by atoms with Crippen molar-refractivity contribution in [3.8, 4) is 5.75 Å². The van der Waals surface area contributed by atoms with Gasteiger partial charge in [0.05, 0.1) is 13.7 Å². The SMILES string of the molecule is CCC(C)c1ccc(C(NCc2nnc(C(=O)Nc3ccc(OC)cc3)s2)C(C)C)cc1. The average molecular weight is 453 g/mol. The van der Waals surface area contributed by atoms with Crippen molar-refractivity contribution in [2.75, 3.05) is 12.4 Å². The monoisotopic (exact) mass is 452 g/mol. The van der Waals surface area contributed by atoms with Gasteiger partial charge in [0.2, 0.25) is 5.01 Å². The summed E-state index contributed by atoms with van der Waals surface area (Å²) in [5, 5.41) is 15.8. The lowest BCUT2D eigenvalue weighted by Gasteiger charge is -2.23. The number of rotatable bonds is 10. The molecule has 0 radical (unpaired) electrons. The average Bonchev–Trinajstić information content (AvgIpc) is 3.28. The van der Waals surface area contributed by atoms with Crippen molar-refractivity contribution in [2.45, 2.75) is 52.6 Å². The van der Waals surface area contributed by atoms with Crippen LogP contribution in [0.4, 0.5) is 5.69 Å². The molecule has 170 valence electrons. The molecule has 6 nitrogen and oxygen atoms in total. The van der Waals surface area contributed by atoms with Crippen LogP contribution in [0.2, 0.25) is 0 Å². The van der Waals surface area contributed by atoms with E-state index in [1.165, 1.54) is 22.5 Å². The first kappa shape index (κ1) is 23.9. The number of methoxy groups -OCH3 is 1. The molecular weight excluding hydrogens is 420 g/mol. The summed E-state index contributed by atoms with van der Waals surface area (Å²) in [4.78, 5) is 12.5. The molecule has 1 amide bonds. The number of amides is 1. The smallest absolute Gasteiger partial charge is 0.286 e. The molecule has 0 aliphatic rings. The summed E-state index contributed by atoms with van der Waals surface area (Å²) in [5.41, 5.74) is 3.32. The van der Waals surface area contributed by atoms with Crippen molar-refractivity contribution in [3.05, 3.63) is 69.7 Å². The van der Waals surface area contributed by atoms with E-state index in [-0.39, 0.29) is 11.9 Å². The van der Waals surface area contributed by atoms with Gasteiger partial charge in [-0.15, -0.1) is 10.2 Å². The van der Waals surface area contributed by atoms with Gasteiger partial charge < -0.3 is 15.4 Å². The molecule has 0 aliphatic heterocycles. The Morgan fingerprint density at radius 3 is 2.25 bits per heavy atom. The Morgan fingerprint density at radius 1 is 1.00 bits per heavy atom. The highest BCUT2D eigenvalue weighted by Gasteiger charge is 2.18. The van der Waals surface area contributed by atoms with Gasteiger partial charge in [-0.2, -0.15) is 0 Å². The van der Waals surface area contributed by atoms with Crippen LogP contribution >= 0.6 is 11.3 Å². The molecular formula is C25H32N4O2S. The predicted molar refractivity (Wildman–Crippen MR) is 130 cm³/mol. The van der Waals surface area contributed by atoms with Crippen molar-refractivity contribution in [1.29, 1.82) is 0 Å². The zero-order valence-electron chi connectivity index (χ0n) is 19.4. The fourth-order valence-electron chi connectivity index (χ4n) is 3.48. The van der Waals surface area contributed by atoms with Crippen LogP contribution in [-0.4, -0.2) is 23.2 Å². The predicted octanol–water partition coefficient (Wildman–Crippen LogP) is 5.80. The van der Waals surface area contributed by atoms with Crippen molar-refractivity contribution >= 4 is 22.9 Å². The van der Waals surface area contributed by atoms with Crippen LogP contribution < -0.4 is 15.4 Å². The number of hydrogen-bond acceptors (Lipinski definition) is 6. The lowest BCUT2D eigenvalue weighted by atomic mass is 9.92. The summed E-state index contributed by atoms with van der Waals surface area (Å²) in [6, 6.07) is 16.3. The largest absolute Gasteiger partial charge is 0.497 e. The normalized spacial score (nSPS) is 13.1. The summed E-state index contributed by atoms with van der Waals surface area (Å²) in [6.07, 6.45) is 1.14. The lowest BCUT2D eigenvalue weighted by molar-refractivity contribution is 0.102. The number of ether oxygens (including phenoxy) is 1. The number of hydrogen-bond donors (Lipinski definition) is 2. The number of nitrogens with zero attached hydrogens (tertiary/aromatic N) is 2. The van der Waals surface area contributed by atoms with Crippen LogP contribution in [0.5, 0.6) is 5.75 Å². The second-order valence-electron chi connectivity index (χ2n) is 8.26. The third-order valence-corrected chi connectivity index (χ3v) is 6.55. The standard InChI is InChI=1S/C25H32N4O2S/c1-6-17(4)18-7-9-19(10-8-18)23(16(2)3)26-15-22-28-29-25(32-22)24(30)27-20-11-13-21(31-5)14-12-20/h7-14,16-17,23,26H,6,15H2,1-5H3,(H,27,30). The van der Waals surface area contributed by atoms with E-state index in [1.807, 2.05) is 0 Å². The molecule has 0 saturated heterocycles. The van der Waals surface area contributed by atoms with E-state index in [9.17, 15) is 4.79 Å². The first-order valence-electron chi connectivity index (χ1n) is 11.0. The van der Waals surface area contributed by atoms with E-state index in [0.717, 1.165) is 17.2 Å². The van der Waals surface area contributed by atoms with Crippen LogP contribution in [0.3, 0.4) is 0 Å². The quantitative estimate of drug-likeness (QED) is 0.407. The highest BCUT2D eigenvalue weighted by Crippen LogP contribution is 2.26. The fourth-order valence-corrected chi connectivity index (χ4v) is 4.16. The molecule has 0 saturated carbocycles. The highest BCUT2D eigenvalue weighted by atomic mass is 32.1. The number of nitrogens with one attached hydrogen (secondary N) is 2. The maximum absolute atomic E-state index is 12.5. The molecule has 3 aromatic rings. The van der Waals surface area contributed by atoms with Gasteiger partial charge >= 0.3 is 0 Å². The number of aromatic nitrogens is 2. The van der Waals surface area contributed by atoms with Gasteiger partial charge in [-0.1, -0.05) is 63.3 Å². The Labute approximate surface area is 194 Å². The zero-order chi connectivity index (χ0) is 23.1. The van der Waals surface area contributed by atoms with Crippen LogP contribution in [0.15, 0.2) is 48.5 Å². The first-order chi connectivity index (χ1) is 15.4. The van der Waals surface area contributed by atoms with Crippen LogP contribution in [0, 0.1) is 5.92 Å². The number of anilines is 1. The Balaban J connectivity index is 1.61. The van der Waals surface area contributed by atoms with Gasteiger partial charge in [-0.05, 0) is 53.6 Å². The minimum atomic E-state index is -0.264. The fraction of sp³-hybridized carbons (Fsp3) is 0.400. The Hall–Kier alpha value is -2.77. The van der Waals surface area contributed by atoms with Gasteiger partial charge in [0.15, 0.2) is 0 Å². The van der Waals surface area contributed by atoms with Crippen molar-refractivity contribution in [2.24, 2.45) is 5.92 Å². The van der Waals surface area contributed by atoms with E-state index in [1.54, 1.807) is 31.4 Å². The number of carbonyl (C=O) groups is 1. The first-order valence-corrected chi connectivity index (χ1v) is 11.8. The topological polar surface area (TPSA) is 76.1 Å². The minimum absolute atomic E-state index is 0.196. The molecule has 1 heterocycles. The summed E-state index contributed by atoms with van der Waals surface area (Å²) in [5.74, 6) is 1.45. The number of carbonyl (C=O) groups excluding carboxylic acids is 1. The molecule has 2 N–H and O–H groups in total. The molecule has 2 atom stereocenters. The maximum Gasteiger partial charge on any atom is 0.286 e. The van der Waals surface area contributed by atoms with Crippen molar-refractivity contribution < 1.29 is 9.53 Å². The number of benzene rings is 2. The van der Waals surface area contributed by atoms with Crippen LogP contribution in [-0.2, 0) is 6.54 Å². The zero-order valence-corrected chi connectivity index (χ0v) is 20.2. The van der Waals surface area contributed by atoms with Crippen LogP contribution in [0.1, 0.15) is 72.0 Å². The van der Waals surface area contributed by atoms with E-state index < -0.39 is 0 Å². The van der Waals surface area contributed by atoms with Crippen LogP contribution in [0.25, 0.3) is 0 Å². The molecule has 0 fully saturated rings. The minimum Gasteiger partial charge on any atom is -0.497 e. The van der Waals surface area contributed by atoms with E-state index in [4.69, 9.17) is 4.74 Å². The molecule has 0 spiro atoms. The van der Waals surface area contributed by atoms with E-state index >= 15 is 0 Å². The second kappa shape index (κ2) is 11.2. The molecule has 1 aromatic heterocycles. The molecule has 3 rings (SSSR count). The van der Waals surface area contributed by atoms with Crippen molar-refractivity contribution in [3.63, 3.8) is 0 Å². The summed E-state index contributed by atoms with van der Waals surface area (Å²) < 4.78 is 5.14. The van der Waals surface area contributed by atoms with Gasteiger partial charge in [-0.3, -0.25) is 4.79 Å². The highest BCUT2D eigenvalue weighted by molar-refractivity contribution is 7.13. The second-order valence-corrected chi connectivity index (χ2v) is 9.32.